The van der Waals surface area contributed by atoms with Crippen LogP contribution < -0.4 is 0 Å². The first-order valence-corrected chi connectivity index (χ1v) is 4.75. The summed E-state index contributed by atoms with van der Waals surface area (Å²) in [6, 6.07) is 1.89. The van der Waals surface area contributed by atoms with Crippen molar-refractivity contribution in [3.8, 4) is 6.07 Å². The summed E-state index contributed by atoms with van der Waals surface area (Å²) >= 11 is 0. The maximum absolute atomic E-state index is 11.2. The zero-order valence-corrected chi connectivity index (χ0v) is 9.23. The van der Waals surface area contributed by atoms with E-state index in [1.54, 1.807) is 20.8 Å². The molecule has 1 unspecified atom stereocenters. The quantitative estimate of drug-likeness (QED) is 0.545. The first kappa shape index (κ1) is 13.9. The third-order valence-corrected chi connectivity index (χ3v) is 2.21. The Labute approximate surface area is 89.2 Å². The summed E-state index contributed by atoms with van der Waals surface area (Å²) in [5, 5.41) is 26.4. The zero-order valence-electron chi connectivity index (χ0n) is 9.23. The molecule has 0 bridgehead atoms. The summed E-state index contributed by atoms with van der Waals surface area (Å²) in [6.45, 7) is 5.26. The minimum Gasteiger partial charge on any atom is -0.392 e. The van der Waals surface area contributed by atoms with Gasteiger partial charge in [-0.05, 0) is 11.8 Å². The van der Waals surface area contributed by atoms with Gasteiger partial charge in [-0.25, -0.2) is 4.79 Å². The van der Waals surface area contributed by atoms with Crippen molar-refractivity contribution in [2.75, 3.05) is 0 Å². The summed E-state index contributed by atoms with van der Waals surface area (Å²) < 4.78 is 0. The van der Waals surface area contributed by atoms with E-state index in [0.29, 0.717) is 0 Å². The number of rotatable bonds is 4. The van der Waals surface area contributed by atoms with E-state index in [1.165, 1.54) is 0 Å². The van der Waals surface area contributed by atoms with Crippen LogP contribution >= 0.6 is 0 Å². The number of carbonyl (C=O) groups excluding carboxylic acids is 1. The third kappa shape index (κ3) is 4.28. The molecule has 0 heterocycles. The predicted octanol–water partition coefficient (Wildman–Crippen LogP) is 1.33. The lowest BCUT2D eigenvalue weighted by Crippen LogP contribution is -2.39. The lowest BCUT2D eigenvalue weighted by molar-refractivity contribution is -0.246. The van der Waals surface area contributed by atoms with E-state index in [1.807, 2.05) is 6.07 Å². The van der Waals surface area contributed by atoms with Gasteiger partial charge in [0.05, 0.1) is 18.1 Å². The molecule has 0 saturated carbocycles. The number of hydrogen-bond donors (Lipinski definition) is 2. The Bertz CT molecular complexity index is 251. The van der Waals surface area contributed by atoms with E-state index in [-0.39, 0.29) is 12.8 Å². The van der Waals surface area contributed by atoms with Gasteiger partial charge in [0.2, 0.25) is 0 Å². The van der Waals surface area contributed by atoms with Crippen LogP contribution in [0, 0.1) is 22.7 Å². The summed E-state index contributed by atoms with van der Waals surface area (Å²) in [6.07, 6.45) is -0.635. The minimum absolute atomic E-state index is 0.159. The lowest BCUT2D eigenvalue weighted by Gasteiger charge is -2.31. The molecule has 0 radical (unpaired) electrons. The topological polar surface area (TPSA) is 90.6 Å². The third-order valence-electron chi connectivity index (χ3n) is 2.21. The molecule has 2 N–H and O–H groups in total. The Morgan fingerprint density at radius 1 is 1.53 bits per heavy atom. The van der Waals surface area contributed by atoms with Crippen LogP contribution in [0.2, 0.25) is 0 Å². The Morgan fingerprint density at radius 3 is 2.40 bits per heavy atom. The summed E-state index contributed by atoms with van der Waals surface area (Å²) in [4.78, 5) is 14.9. The van der Waals surface area contributed by atoms with Gasteiger partial charge >= 0.3 is 5.97 Å². The van der Waals surface area contributed by atoms with Gasteiger partial charge < -0.3 is 9.99 Å². The van der Waals surface area contributed by atoms with Crippen LogP contribution in [0.1, 0.15) is 33.6 Å². The molecule has 0 fully saturated rings. The predicted molar refractivity (Wildman–Crippen MR) is 52.5 cm³/mol. The second-order valence-electron chi connectivity index (χ2n) is 4.52. The van der Waals surface area contributed by atoms with E-state index in [9.17, 15) is 9.90 Å². The van der Waals surface area contributed by atoms with E-state index < -0.39 is 23.4 Å². The normalized spacial score (nSPS) is 15.2. The van der Waals surface area contributed by atoms with Crippen molar-refractivity contribution in [3.63, 3.8) is 0 Å². The van der Waals surface area contributed by atoms with Crippen molar-refractivity contribution in [2.45, 2.75) is 39.7 Å². The van der Waals surface area contributed by atoms with Gasteiger partial charge in [-0.15, -0.1) is 0 Å². The molecule has 0 spiro atoms. The van der Waals surface area contributed by atoms with Gasteiger partial charge in [-0.1, -0.05) is 20.8 Å². The number of aliphatic hydroxyl groups is 1. The van der Waals surface area contributed by atoms with Crippen molar-refractivity contribution < 1.29 is 20.0 Å². The van der Waals surface area contributed by atoms with Gasteiger partial charge in [-0.2, -0.15) is 10.5 Å². The van der Waals surface area contributed by atoms with Crippen LogP contribution in [0.25, 0.3) is 0 Å². The number of carbonyl (C=O) groups is 1. The lowest BCUT2D eigenvalue weighted by atomic mass is 9.76. The molecule has 0 rings (SSSR count). The van der Waals surface area contributed by atoms with Crippen molar-refractivity contribution >= 4 is 5.97 Å². The highest BCUT2D eigenvalue weighted by Crippen LogP contribution is 2.31. The largest absolute Gasteiger partial charge is 0.392 e. The van der Waals surface area contributed by atoms with E-state index >= 15 is 0 Å². The Hall–Kier alpha value is -1.12. The Kier molecular flexibility index (Phi) is 5.26. The van der Waals surface area contributed by atoms with Crippen LogP contribution in [0.5, 0.6) is 0 Å². The maximum atomic E-state index is 11.2. The molecule has 15 heavy (non-hydrogen) atoms. The van der Waals surface area contributed by atoms with Crippen LogP contribution in [-0.4, -0.2) is 22.4 Å². The van der Waals surface area contributed by atoms with E-state index in [0.717, 1.165) is 0 Å². The van der Waals surface area contributed by atoms with Crippen molar-refractivity contribution in [1.82, 2.24) is 0 Å². The average molecular weight is 215 g/mol. The molecule has 5 heteroatoms. The molecular weight excluding hydrogens is 198 g/mol. The number of aliphatic hydroxyl groups excluding tert-OH is 1. The molecule has 2 atom stereocenters. The second-order valence-corrected chi connectivity index (χ2v) is 4.52. The van der Waals surface area contributed by atoms with E-state index in [2.05, 4.69) is 4.89 Å². The highest BCUT2D eigenvalue weighted by molar-refractivity contribution is 5.73. The molecule has 0 aliphatic carbocycles. The molecule has 0 aromatic heterocycles. The van der Waals surface area contributed by atoms with Gasteiger partial charge in [0.1, 0.15) is 0 Å². The van der Waals surface area contributed by atoms with Crippen LogP contribution in [-0.2, 0) is 9.68 Å². The first-order chi connectivity index (χ1) is 6.84. The van der Waals surface area contributed by atoms with Crippen LogP contribution in [0.4, 0.5) is 0 Å². The Balaban J connectivity index is 4.65. The molecule has 0 aromatic carbocycles. The molecule has 0 amide bonds. The molecule has 0 aromatic rings. The average Bonchev–Trinajstić information content (AvgIpc) is 2.12. The first-order valence-electron chi connectivity index (χ1n) is 4.75. The fourth-order valence-electron chi connectivity index (χ4n) is 1.52. The standard InChI is InChI=1S/C10H17NO4/c1-10(2,3)8(9(13)15-14)7(12)5-4-6-11/h7-8,12,14H,4-5H2,1-3H3/t7-,8?/m1/s1. The highest BCUT2D eigenvalue weighted by atomic mass is 17.1. The summed E-state index contributed by atoms with van der Waals surface area (Å²) in [7, 11) is 0. The van der Waals surface area contributed by atoms with Crippen LogP contribution in [0.15, 0.2) is 0 Å². The Morgan fingerprint density at radius 2 is 2.07 bits per heavy atom. The number of nitriles is 1. The fourth-order valence-corrected chi connectivity index (χ4v) is 1.52. The van der Waals surface area contributed by atoms with Gasteiger partial charge in [0.25, 0.3) is 0 Å². The van der Waals surface area contributed by atoms with Gasteiger partial charge in [0.15, 0.2) is 0 Å². The SMILES string of the molecule is CC(C)(C)C(C(=O)OO)[C@H](O)CCC#N. The van der Waals surface area contributed by atoms with Gasteiger partial charge in [0, 0.05) is 6.42 Å². The zero-order chi connectivity index (χ0) is 12.1. The molecule has 86 valence electrons. The highest BCUT2D eigenvalue weighted by Gasteiger charge is 2.38. The summed E-state index contributed by atoms with van der Waals surface area (Å²) in [5.41, 5.74) is -0.533. The van der Waals surface area contributed by atoms with Crippen molar-refractivity contribution in [2.24, 2.45) is 11.3 Å². The smallest absolute Gasteiger partial charge is 0.348 e. The second kappa shape index (κ2) is 5.69. The monoisotopic (exact) mass is 215 g/mol. The molecule has 0 aliphatic heterocycles. The maximum Gasteiger partial charge on any atom is 0.348 e. The van der Waals surface area contributed by atoms with Crippen molar-refractivity contribution in [1.29, 1.82) is 5.26 Å². The number of hydrogen-bond acceptors (Lipinski definition) is 5. The van der Waals surface area contributed by atoms with Crippen LogP contribution in [0.3, 0.4) is 0 Å². The summed E-state index contributed by atoms with van der Waals surface area (Å²) in [5.74, 6) is -1.70. The van der Waals surface area contributed by atoms with E-state index in [4.69, 9.17) is 10.5 Å². The van der Waals surface area contributed by atoms with Crippen molar-refractivity contribution in [3.05, 3.63) is 0 Å². The fraction of sp³-hybridized carbons (Fsp3) is 0.800. The molecule has 0 aliphatic rings. The molecular formula is C10H17NO4. The van der Waals surface area contributed by atoms with Gasteiger partial charge in [-0.3, -0.25) is 0 Å². The minimum atomic E-state index is -0.982. The number of nitrogens with zero attached hydrogens (tertiary/aromatic N) is 1. The molecule has 5 nitrogen and oxygen atoms in total. The molecule has 0 saturated heterocycles.